The van der Waals surface area contributed by atoms with Crippen LogP contribution in [0, 0.1) is 0 Å². The largest absolute Gasteiger partial charge is 0.354 e. The van der Waals surface area contributed by atoms with Crippen molar-refractivity contribution in [2.75, 3.05) is 44.5 Å². The quantitative estimate of drug-likeness (QED) is 0.535. The molecular formula is C11H23NO4S. The lowest BCUT2D eigenvalue weighted by atomic mass is 10.2. The highest BCUT2D eigenvalue weighted by atomic mass is 32.2. The van der Waals surface area contributed by atoms with Crippen molar-refractivity contribution in [1.82, 2.24) is 4.90 Å². The second-order valence-electron chi connectivity index (χ2n) is 5.28. The molecule has 0 amide bonds. The van der Waals surface area contributed by atoms with Crippen LogP contribution in [0.5, 0.6) is 0 Å². The molecule has 0 aromatic rings. The second kappa shape index (κ2) is 6.13. The van der Waals surface area contributed by atoms with Crippen molar-refractivity contribution < 1.29 is 17.9 Å². The Bertz CT molecular complexity index is 307. The Labute approximate surface area is 104 Å². The van der Waals surface area contributed by atoms with Gasteiger partial charge >= 0.3 is 0 Å². The molecule has 1 heterocycles. The number of hydrogen-bond acceptors (Lipinski definition) is 5. The maximum Gasteiger partial charge on any atom is 0.152 e. The first-order valence-electron chi connectivity index (χ1n) is 5.93. The number of ether oxygens (including phenoxy) is 2. The molecule has 1 fully saturated rings. The van der Waals surface area contributed by atoms with Crippen molar-refractivity contribution in [3.63, 3.8) is 0 Å². The lowest BCUT2D eigenvalue weighted by molar-refractivity contribution is -0.121. The van der Waals surface area contributed by atoms with Crippen LogP contribution in [0.25, 0.3) is 0 Å². The van der Waals surface area contributed by atoms with Gasteiger partial charge in [-0.15, -0.1) is 0 Å². The van der Waals surface area contributed by atoms with Crippen molar-refractivity contribution in [3.05, 3.63) is 0 Å². The van der Waals surface area contributed by atoms with Gasteiger partial charge in [0.05, 0.1) is 23.7 Å². The lowest BCUT2D eigenvalue weighted by Crippen LogP contribution is -2.41. The van der Waals surface area contributed by atoms with E-state index >= 15 is 0 Å². The van der Waals surface area contributed by atoms with Crippen LogP contribution in [0.2, 0.25) is 0 Å². The smallest absolute Gasteiger partial charge is 0.152 e. The molecule has 17 heavy (non-hydrogen) atoms. The maximum absolute atomic E-state index is 11.2. The summed E-state index contributed by atoms with van der Waals surface area (Å²) >= 11 is 0. The average Bonchev–Trinajstić information content (AvgIpc) is 2.18. The zero-order valence-corrected chi connectivity index (χ0v) is 11.8. The van der Waals surface area contributed by atoms with E-state index in [-0.39, 0.29) is 23.9 Å². The van der Waals surface area contributed by atoms with Crippen molar-refractivity contribution in [1.29, 1.82) is 0 Å². The fourth-order valence-electron chi connectivity index (χ4n) is 1.44. The van der Waals surface area contributed by atoms with Gasteiger partial charge in [-0.25, -0.2) is 8.42 Å². The summed E-state index contributed by atoms with van der Waals surface area (Å²) in [4.78, 5) is 2.11. The Morgan fingerprint density at radius 1 is 1.18 bits per heavy atom. The fraction of sp³-hybridized carbons (Fsp3) is 1.00. The summed E-state index contributed by atoms with van der Waals surface area (Å²) in [6.45, 7) is 8.80. The van der Waals surface area contributed by atoms with Crippen LogP contribution in [0.1, 0.15) is 20.8 Å². The molecule has 0 unspecified atom stereocenters. The second-order valence-corrected chi connectivity index (χ2v) is 7.58. The standard InChI is InChI=1S/C11H23NO4S/c1-11(2,3)16-10-15-7-4-12-5-8-17(13,14)9-6-12/h4-10H2,1-3H3. The van der Waals surface area contributed by atoms with E-state index < -0.39 is 9.84 Å². The summed E-state index contributed by atoms with van der Waals surface area (Å²) in [6.07, 6.45) is 0. The number of hydrogen-bond donors (Lipinski definition) is 0. The fourth-order valence-corrected chi connectivity index (χ4v) is 2.72. The molecule has 102 valence electrons. The molecular weight excluding hydrogens is 242 g/mol. The Hall–Kier alpha value is -0.170. The van der Waals surface area contributed by atoms with E-state index in [1.54, 1.807) is 0 Å². The van der Waals surface area contributed by atoms with Crippen LogP contribution in [0.4, 0.5) is 0 Å². The van der Waals surface area contributed by atoms with Gasteiger partial charge in [-0.3, -0.25) is 4.90 Å². The summed E-state index contributed by atoms with van der Waals surface area (Å²) in [5, 5.41) is 0. The van der Waals surface area contributed by atoms with Gasteiger partial charge in [-0.2, -0.15) is 0 Å². The third-order valence-electron chi connectivity index (χ3n) is 2.56. The normalized spacial score (nSPS) is 21.6. The van der Waals surface area contributed by atoms with Crippen molar-refractivity contribution in [2.45, 2.75) is 26.4 Å². The zero-order chi connectivity index (χ0) is 12.9. The van der Waals surface area contributed by atoms with E-state index in [2.05, 4.69) is 4.90 Å². The molecule has 0 aliphatic carbocycles. The first-order valence-corrected chi connectivity index (χ1v) is 7.75. The first kappa shape index (κ1) is 14.9. The monoisotopic (exact) mass is 265 g/mol. The topological polar surface area (TPSA) is 55.8 Å². The lowest BCUT2D eigenvalue weighted by Gasteiger charge is -2.26. The van der Waals surface area contributed by atoms with Crippen LogP contribution in [0.3, 0.4) is 0 Å². The Balaban J connectivity index is 2.05. The highest BCUT2D eigenvalue weighted by molar-refractivity contribution is 7.91. The van der Waals surface area contributed by atoms with Crippen LogP contribution in [-0.2, 0) is 19.3 Å². The molecule has 6 heteroatoms. The maximum atomic E-state index is 11.2. The first-order chi connectivity index (χ1) is 7.79. The predicted molar refractivity (Wildman–Crippen MR) is 66.8 cm³/mol. The molecule has 0 radical (unpaired) electrons. The van der Waals surface area contributed by atoms with E-state index in [4.69, 9.17) is 9.47 Å². The van der Waals surface area contributed by atoms with E-state index in [1.165, 1.54) is 0 Å². The van der Waals surface area contributed by atoms with Gasteiger partial charge < -0.3 is 9.47 Å². The van der Waals surface area contributed by atoms with Gasteiger partial charge in [-0.1, -0.05) is 0 Å². The third kappa shape index (κ3) is 6.98. The predicted octanol–water partition coefficient (Wildman–Crippen LogP) is 0.506. The Kier molecular flexibility index (Phi) is 5.37. The zero-order valence-electron chi connectivity index (χ0n) is 10.9. The minimum absolute atomic E-state index is 0.181. The molecule has 0 aromatic carbocycles. The van der Waals surface area contributed by atoms with Gasteiger partial charge in [0.2, 0.25) is 0 Å². The Morgan fingerprint density at radius 3 is 2.29 bits per heavy atom. The van der Waals surface area contributed by atoms with Crippen LogP contribution in [-0.4, -0.2) is 63.5 Å². The Morgan fingerprint density at radius 2 is 1.76 bits per heavy atom. The van der Waals surface area contributed by atoms with Gasteiger partial charge in [0, 0.05) is 19.6 Å². The molecule has 0 spiro atoms. The average molecular weight is 265 g/mol. The number of nitrogens with zero attached hydrogens (tertiary/aromatic N) is 1. The summed E-state index contributed by atoms with van der Waals surface area (Å²) in [5.74, 6) is 0.539. The van der Waals surface area contributed by atoms with Gasteiger partial charge in [0.1, 0.15) is 6.79 Å². The molecule has 1 saturated heterocycles. The highest BCUT2D eigenvalue weighted by Gasteiger charge is 2.20. The van der Waals surface area contributed by atoms with Crippen LogP contribution < -0.4 is 0 Å². The summed E-state index contributed by atoms with van der Waals surface area (Å²) < 4.78 is 33.2. The van der Waals surface area contributed by atoms with E-state index in [9.17, 15) is 8.42 Å². The molecule has 5 nitrogen and oxygen atoms in total. The molecule has 1 aliphatic heterocycles. The van der Waals surface area contributed by atoms with Gasteiger partial charge in [-0.05, 0) is 20.8 Å². The third-order valence-corrected chi connectivity index (χ3v) is 4.17. The molecule has 0 N–H and O–H groups in total. The van der Waals surface area contributed by atoms with Crippen molar-refractivity contribution >= 4 is 9.84 Å². The minimum atomic E-state index is -2.78. The van der Waals surface area contributed by atoms with Crippen LogP contribution >= 0.6 is 0 Å². The highest BCUT2D eigenvalue weighted by Crippen LogP contribution is 2.06. The minimum Gasteiger partial charge on any atom is -0.354 e. The molecule has 0 aromatic heterocycles. The van der Waals surface area contributed by atoms with E-state index in [0.717, 1.165) is 6.54 Å². The summed E-state index contributed by atoms with van der Waals surface area (Å²) in [5.41, 5.74) is -0.181. The number of sulfone groups is 1. The molecule has 0 bridgehead atoms. The van der Waals surface area contributed by atoms with Gasteiger partial charge in [0.15, 0.2) is 9.84 Å². The SMILES string of the molecule is CC(C)(C)OCOCCN1CCS(=O)(=O)CC1. The molecule has 1 rings (SSSR count). The van der Waals surface area contributed by atoms with Crippen molar-refractivity contribution in [2.24, 2.45) is 0 Å². The molecule has 0 saturated carbocycles. The van der Waals surface area contributed by atoms with E-state index in [0.29, 0.717) is 19.7 Å². The van der Waals surface area contributed by atoms with E-state index in [1.807, 2.05) is 20.8 Å². The van der Waals surface area contributed by atoms with Crippen molar-refractivity contribution in [3.8, 4) is 0 Å². The van der Waals surface area contributed by atoms with Crippen LogP contribution in [0.15, 0.2) is 0 Å². The summed E-state index contributed by atoms with van der Waals surface area (Å²) in [7, 11) is -2.78. The van der Waals surface area contributed by atoms with Gasteiger partial charge in [0.25, 0.3) is 0 Å². The summed E-state index contributed by atoms with van der Waals surface area (Å²) in [6, 6.07) is 0. The molecule has 1 aliphatic rings. The molecule has 0 atom stereocenters. The number of rotatable bonds is 5.